The number of phenols is 1. The molecule has 0 radical (unpaired) electrons. The van der Waals surface area contributed by atoms with E-state index in [0.717, 1.165) is 18.5 Å². The number of aromatic nitrogens is 5. The fourth-order valence-corrected chi connectivity index (χ4v) is 4.77. The molecule has 0 amide bonds. The lowest BCUT2D eigenvalue weighted by Crippen LogP contribution is -2.56. The van der Waals surface area contributed by atoms with Gasteiger partial charge in [0, 0.05) is 42.4 Å². The van der Waals surface area contributed by atoms with Crippen molar-refractivity contribution in [2.45, 2.75) is 56.7 Å². The number of hydrogen-bond acceptors (Lipinski definition) is 7. The van der Waals surface area contributed by atoms with Crippen molar-refractivity contribution < 1.29 is 9.84 Å². The highest BCUT2D eigenvalue weighted by atomic mass is 16.5. The Kier molecular flexibility index (Phi) is 4.06. The molecule has 3 atom stereocenters. The van der Waals surface area contributed by atoms with Gasteiger partial charge in [-0.3, -0.25) is 0 Å². The normalized spacial score (nSPS) is 28.4. The van der Waals surface area contributed by atoms with Gasteiger partial charge in [-0.25, -0.2) is 9.97 Å². The maximum Gasteiger partial charge on any atom is 0.252 e. The lowest BCUT2D eigenvalue weighted by atomic mass is 9.86. The summed E-state index contributed by atoms with van der Waals surface area (Å²) in [4.78, 5) is 8.38. The van der Waals surface area contributed by atoms with Crippen molar-refractivity contribution in [3.05, 3.63) is 43.1 Å². The van der Waals surface area contributed by atoms with Crippen molar-refractivity contribution in [3.63, 3.8) is 0 Å². The molecule has 2 aliphatic rings. The molecule has 8 heteroatoms. The molecule has 2 saturated heterocycles. The second kappa shape index (κ2) is 6.52. The van der Waals surface area contributed by atoms with E-state index >= 15 is 0 Å². The van der Waals surface area contributed by atoms with Crippen LogP contribution in [0.5, 0.6) is 11.6 Å². The summed E-state index contributed by atoms with van der Waals surface area (Å²) in [6.07, 6.45) is 11.1. The van der Waals surface area contributed by atoms with E-state index in [1.165, 1.54) is 12.8 Å². The van der Waals surface area contributed by atoms with Crippen LogP contribution in [0.3, 0.4) is 0 Å². The molecule has 5 rings (SSSR count). The summed E-state index contributed by atoms with van der Waals surface area (Å²) in [5.41, 5.74) is 1.58. The lowest BCUT2D eigenvalue weighted by molar-refractivity contribution is 0.0750. The number of fused-ring (bicyclic) bond motifs is 2. The van der Waals surface area contributed by atoms with Crippen LogP contribution in [0.25, 0.3) is 17.1 Å². The van der Waals surface area contributed by atoms with Gasteiger partial charge in [0.25, 0.3) is 5.88 Å². The number of phenolic OH excluding ortho intramolecular Hbond substituents is 1. The fourth-order valence-electron chi connectivity index (χ4n) is 4.77. The second-order valence-corrected chi connectivity index (χ2v) is 8.69. The highest BCUT2D eigenvalue weighted by Crippen LogP contribution is 2.42. The Morgan fingerprint density at radius 3 is 2.59 bits per heavy atom. The molecule has 1 aromatic carbocycles. The second-order valence-electron chi connectivity index (χ2n) is 8.69. The molecule has 2 aromatic heterocycles. The average molecular weight is 392 g/mol. The molecule has 0 aliphatic carbocycles. The van der Waals surface area contributed by atoms with Crippen molar-refractivity contribution in [3.8, 4) is 28.7 Å². The van der Waals surface area contributed by atoms with Crippen molar-refractivity contribution >= 4 is 0 Å². The number of nitrogens with zero attached hydrogens (tertiary/aromatic N) is 5. The van der Waals surface area contributed by atoms with Gasteiger partial charge in [-0.05, 0) is 38.8 Å². The summed E-state index contributed by atoms with van der Waals surface area (Å²) in [5, 5.41) is 22.5. The van der Waals surface area contributed by atoms with Crippen molar-refractivity contribution in [1.82, 2.24) is 30.0 Å². The van der Waals surface area contributed by atoms with Crippen LogP contribution in [0, 0.1) is 0 Å². The average Bonchev–Trinajstić information content (AvgIpc) is 3.28. The van der Waals surface area contributed by atoms with Crippen molar-refractivity contribution in [2.24, 2.45) is 0 Å². The fraction of sp³-hybridized carbons (Fsp3) is 0.429. The minimum atomic E-state index is 0.0856. The van der Waals surface area contributed by atoms with Crippen LogP contribution in [-0.2, 0) is 0 Å². The summed E-state index contributed by atoms with van der Waals surface area (Å²) < 4.78 is 7.92. The van der Waals surface area contributed by atoms with Crippen LogP contribution < -0.4 is 10.1 Å². The number of imidazole rings is 1. The summed E-state index contributed by atoms with van der Waals surface area (Å²) in [6, 6.07) is 5.29. The van der Waals surface area contributed by atoms with Gasteiger partial charge in [0.2, 0.25) is 0 Å². The molecule has 0 saturated carbocycles. The number of nitrogens with one attached hydrogen (secondary N) is 1. The highest BCUT2D eigenvalue weighted by molar-refractivity contribution is 5.65. The number of hydrogen-bond donors (Lipinski definition) is 2. The molecule has 2 aliphatic heterocycles. The number of benzene rings is 1. The van der Waals surface area contributed by atoms with Gasteiger partial charge in [0.1, 0.15) is 11.9 Å². The van der Waals surface area contributed by atoms with Crippen molar-refractivity contribution in [2.75, 3.05) is 0 Å². The molecule has 29 heavy (non-hydrogen) atoms. The van der Waals surface area contributed by atoms with E-state index in [1.807, 2.05) is 16.8 Å². The van der Waals surface area contributed by atoms with Gasteiger partial charge in [-0.15, -0.1) is 10.2 Å². The Morgan fingerprint density at radius 1 is 1.17 bits per heavy atom. The van der Waals surface area contributed by atoms with E-state index in [-0.39, 0.29) is 22.9 Å². The third kappa shape index (κ3) is 3.44. The molecular formula is C21H24N6O2. The van der Waals surface area contributed by atoms with Crippen LogP contribution in [0.2, 0.25) is 0 Å². The van der Waals surface area contributed by atoms with E-state index in [9.17, 15) is 5.11 Å². The predicted octanol–water partition coefficient (Wildman–Crippen LogP) is 2.87. The van der Waals surface area contributed by atoms with Crippen molar-refractivity contribution in [1.29, 1.82) is 0 Å². The SMILES string of the molecule is C[C@]12CC[C@](C)(C[C@@H](Oc3cnc(-c4ccc(-n5ccnc5)cc4O)nn3)C1)N2. The third-order valence-corrected chi connectivity index (χ3v) is 6.04. The molecule has 2 bridgehead atoms. The Bertz CT molecular complexity index is 1000. The molecule has 2 fully saturated rings. The molecule has 0 spiro atoms. The van der Waals surface area contributed by atoms with Gasteiger partial charge in [0.05, 0.1) is 23.8 Å². The van der Waals surface area contributed by atoms with Gasteiger partial charge in [-0.1, -0.05) is 0 Å². The van der Waals surface area contributed by atoms with Crippen LogP contribution >= 0.6 is 0 Å². The summed E-state index contributed by atoms with van der Waals surface area (Å²) in [6.45, 7) is 4.52. The number of ether oxygens (including phenoxy) is 1. The Morgan fingerprint density at radius 2 is 1.97 bits per heavy atom. The Labute approximate surface area is 169 Å². The third-order valence-electron chi connectivity index (χ3n) is 6.04. The first kappa shape index (κ1) is 18.1. The molecule has 2 N–H and O–H groups in total. The standard InChI is InChI=1S/C21H24N6O2/c1-20-5-6-21(2,26-20)11-15(10-20)29-18-12-23-19(25-24-18)16-4-3-14(9-17(16)28)27-8-7-22-13-27/h3-4,7-9,12-13,15,26,28H,5-6,10-11H2,1-2H3/t15-,20-,21+. The maximum atomic E-state index is 10.4. The maximum absolute atomic E-state index is 10.4. The first-order chi connectivity index (χ1) is 13.9. The zero-order valence-corrected chi connectivity index (χ0v) is 16.5. The van der Waals surface area contributed by atoms with E-state index < -0.39 is 0 Å². The predicted molar refractivity (Wildman–Crippen MR) is 107 cm³/mol. The molecule has 8 nitrogen and oxygen atoms in total. The largest absolute Gasteiger partial charge is 0.507 e. The first-order valence-electron chi connectivity index (χ1n) is 9.89. The molecule has 0 unspecified atom stereocenters. The molecule has 3 aromatic rings. The zero-order valence-electron chi connectivity index (χ0n) is 16.5. The summed E-state index contributed by atoms with van der Waals surface area (Å²) >= 11 is 0. The number of piperidine rings is 1. The van der Waals surface area contributed by atoms with Crippen LogP contribution in [0.1, 0.15) is 39.5 Å². The lowest BCUT2D eigenvalue weighted by Gasteiger charge is -2.41. The van der Waals surface area contributed by atoms with E-state index in [4.69, 9.17) is 4.74 Å². The number of rotatable bonds is 4. The van der Waals surface area contributed by atoms with Crippen LogP contribution in [0.15, 0.2) is 43.1 Å². The first-order valence-corrected chi connectivity index (χ1v) is 9.89. The number of aromatic hydroxyl groups is 1. The summed E-state index contributed by atoms with van der Waals surface area (Å²) in [7, 11) is 0. The van der Waals surface area contributed by atoms with Crippen LogP contribution in [-0.4, -0.2) is 47.0 Å². The quantitative estimate of drug-likeness (QED) is 0.704. The van der Waals surface area contributed by atoms with E-state index in [0.29, 0.717) is 17.3 Å². The minimum Gasteiger partial charge on any atom is -0.507 e. The highest BCUT2D eigenvalue weighted by Gasteiger charge is 2.49. The van der Waals surface area contributed by atoms with E-state index in [1.54, 1.807) is 30.9 Å². The van der Waals surface area contributed by atoms with Crippen LogP contribution in [0.4, 0.5) is 0 Å². The molecule has 4 heterocycles. The smallest absolute Gasteiger partial charge is 0.252 e. The minimum absolute atomic E-state index is 0.0856. The Balaban J connectivity index is 1.32. The monoisotopic (exact) mass is 392 g/mol. The zero-order chi connectivity index (χ0) is 20.1. The van der Waals surface area contributed by atoms with E-state index in [2.05, 4.69) is 39.3 Å². The van der Waals surface area contributed by atoms with Gasteiger partial charge >= 0.3 is 0 Å². The van der Waals surface area contributed by atoms with Gasteiger partial charge < -0.3 is 19.7 Å². The Hall–Kier alpha value is -3.00. The topological polar surface area (TPSA) is 98.0 Å². The van der Waals surface area contributed by atoms with Gasteiger partial charge in [0.15, 0.2) is 5.82 Å². The molecular weight excluding hydrogens is 368 g/mol. The molecule has 150 valence electrons. The van der Waals surface area contributed by atoms with Gasteiger partial charge in [-0.2, -0.15) is 0 Å². The summed E-state index contributed by atoms with van der Waals surface area (Å²) in [5.74, 6) is 0.862.